The van der Waals surface area contributed by atoms with Crippen LogP contribution in [0.1, 0.15) is 31.2 Å². The molecule has 0 saturated carbocycles. The van der Waals surface area contributed by atoms with E-state index in [-0.39, 0.29) is 0 Å². The number of hydrogen-bond donors (Lipinski definition) is 0. The highest BCUT2D eigenvalue weighted by Gasteiger charge is 2.41. The summed E-state index contributed by atoms with van der Waals surface area (Å²) in [6.07, 6.45) is 13.5. The molecule has 0 bridgehead atoms. The summed E-state index contributed by atoms with van der Waals surface area (Å²) in [5.74, 6) is 0. The van der Waals surface area contributed by atoms with E-state index >= 15 is 0 Å². The Morgan fingerprint density at radius 2 is 2.11 bits per heavy atom. The first-order valence-corrected chi connectivity index (χ1v) is 7.13. The van der Waals surface area contributed by atoms with Crippen LogP contribution < -0.4 is 0 Å². The van der Waals surface area contributed by atoms with E-state index in [1.807, 2.05) is 12.3 Å². The molecule has 0 aromatic carbocycles. The number of nitrogens with zero attached hydrogens (tertiary/aromatic N) is 2. The van der Waals surface area contributed by atoms with E-state index in [1.165, 1.54) is 38.8 Å². The van der Waals surface area contributed by atoms with Crippen LogP contribution in [-0.4, -0.2) is 28.5 Å². The number of rotatable bonds is 2. The van der Waals surface area contributed by atoms with Crippen molar-refractivity contribution in [1.29, 1.82) is 0 Å². The van der Waals surface area contributed by atoms with Crippen molar-refractivity contribution in [1.82, 2.24) is 9.88 Å². The third-order valence-electron chi connectivity index (χ3n) is 4.62. The maximum atomic E-state index is 5.41. The van der Waals surface area contributed by atoms with Crippen molar-refractivity contribution in [3.05, 3.63) is 36.2 Å². The predicted octanol–water partition coefficient (Wildman–Crippen LogP) is 3.47. The third kappa shape index (κ3) is 1.80. The predicted molar refractivity (Wildman–Crippen MR) is 75.8 cm³/mol. The zero-order valence-electron chi connectivity index (χ0n) is 11.0. The van der Waals surface area contributed by atoms with Gasteiger partial charge in [-0.25, -0.2) is 0 Å². The van der Waals surface area contributed by atoms with E-state index in [1.54, 1.807) is 6.26 Å². The first-order chi connectivity index (χ1) is 9.36. The van der Waals surface area contributed by atoms with Gasteiger partial charge in [0.1, 0.15) is 5.52 Å². The maximum Gasteiger partial charge on any atom is 0.152 e. The second kappa shape index (κ2) is 4.20. The number of fused-ring (bicyclic) bond motifs is 2. The van der Waals surface area contributed by atoms with Crippen molar-refractivity contribution < 1.29 is 4.42 Å². The second-order valence-corrected chi connectivity index (χ2v) is 5.70. The summed E-state index contributed by atoms with van der Waals surface area (Å²) in [6.45, 7) is 2.53. The molecule has 3 heteroatoms. The van der Waals surface area contributed by atoms with Gasteiger partial charge >= 0.3 is 0 Å². The molecule has 2 fully saturated rings. The fourth-order valence-electron chi connectivity index (χ4n) is 3.63. The van der Waals surface area contributed by atoms with E-state index in [9.17, 15) is 0 Å². The zero-order valence-corrected chi connectivity index (χ0v) is 11.0. The molecule has 0 N–H and O–H groups in total. The Hall–Kier alpha value is -1.61. The van der Waals surface area contributed by atoms with E-state index in [2.05, 4.69) is 28.1 Å². The van der Waals surface area contributed by atoms with Crippen molar-refractivity contribution in [2.75, 3.05) is 13.1 Å². The minimum atomic E-state index is 0.331. The third-order valence-corrected chi connectivity index (χ3v) is 4.62. The molecule has 98 valence electrons. The summed E-state index contributed by atoms with van der Waals surface area (Å²) in [5.41, 5.74) is 3.27. The molecule has 4 rings (SSSR count). The summed E-state index contributed by atoms with van der Waals surface area (Å²) in [5, 5.41) is 0. The Labute approximate surface area is 112 Å². The van der Waals surface area contributed by atoms with Gasteiger partial charge in [-0.05, 0) is 50.4 Å². The van der Waals surface area contributed by atoms with Gasteiger partial charge in [-0.1, -0.05) is 12.2 Å². The molecule has 0 amide bonds. The topological polar surface area (TPSA) is 29.3 Å². The van der Waals surface area contributed by atoms with E-state index in [0.29, 0.717) is 5.54 Å². The summed E-state index contributed by atoms with van der Waals surface area (Å²) in [7, 11) is 0. The quantitative estimate of drug-likeness (QED) is 0.821. The van der Waals surface area contributed by atoms with Crippen LogP contribution in [0.4, 0.5) is 0 Å². The van der Waals surface area contributed by atoms with Gasteiger partial charge in [0, 0.05) is 17.8 Å². The molecule has 3 nitrogen and oxygen atoms in total. The largest absolute Gasteiger partial charge is 0.463 e. The summed E-state index contributed by atoms with van der Waals surface area (Å²) in [6, 6.07) is 3.97. The van der Waals surface area contributed by atoms with Crippen LogP contribution in [0.2, 0.25) is 0 Å². The average Bonchev–Trinajstić information content (AvgIpc) is 3.10. The monoisotopic (exact) mass is 254 g/mol. The van der Waals surface area contributed by atoms with Gasteiger partial charge in [0.2, 0.25) is 0 Å². The Morgan fingerprint density at radius 1 is 1.26 bits per heavy atom. The zero-order chi connectivity index (χ0) is 12.7. The van der Waals surface area contributed by atoms with Crippen LogP contribution >= 0.6 is 0 Å². The SMILES string of the molecule is C(=CC12CCCN1CCC2)c1cnc2ccoc2c1. The van der Waals surface area contributed by atoms with Crippen LogP contribution in [0.25, 0.3) is 17.2 Å². The number of furan rings is 1. The second-order valence-electron chi connectivity index (χ2n) is 5.70. The molecule has 4 heterocycles. The summed E-state index contributed by atoms with van der Waals surface area (Å²) >= 11 is 0. The molecule has 0 aliphatic carbocycles. The lowest BCUT2D eigenvalue weighted by atomic mass is 9.93. The number of aromatic nitrogens is 1. The summed E-state index contributed by atoms with van der Waals surface area (Å²) < 4.78 is 5.41. The number of pyridine rings is 1. The first-order valence-electron chi connectivity index (χ1n) is 7.13. The molecule has 2 aromatic heterocycles. The Kier molecular flexibility index (Phi) is 2.49. The fourth-order valence-corrected chi connectivity index (χ4v) is 3.63. The Bertz CT molecular complexity index is 618. The highest BCUT2D eigenvalue weighted by atomic mass is 16.3. The minimum Gasteiger partial charge on any atom is -0.463 e. The standard InChI is InChI=1S/C16H18N2O/c1-5-16(6-2-9-18(16)8-1)7-3-13-11-15-14(17-12-13)4-10-19-15/h3-4,7,10-12H,1-2,5-6,8-9H2. The highest BCUT2D eigenvalue weighted by molar-refractivity contribution is 5.74. The Balaban J connectivity index is 1.64. The lowest BCUT2D eigenvalue weighted by Crippen LogP contribution is -2.35. The van der Waals surface area contributed by atoms with Gasteiger partial charge in [0.05, 0.1) is 6.26 Å². The molecular formula is C16H18N2O. The van der Waals surface area contributed by atoms with Crippen LogP contribution in [0.15, 0.2) is 35.1 Å². The molecule has 2 saturated heterocycles. The van der Waals surface area contributed by atoms with Gasteiger partial charge in [0.15, 0.2) is 5.58 Å². The highest BCUT2D eigenvalue weighted by Crippen LogP contribution is 2.40. The average molecular weight is 254 g/mol. The molecule has 2 aromatic rings. The van der Waals surface area contributed by atoms with E-state index < -0.39 is 0 Å². The Morgan fingerprint density at radius 3 is 2.95 bits per heavy atom. The van der Waals surface area contributed by atoms with Crippen LogP contribution in [0.5, 0.6) is 0 Å². The fraction of sp³-hybridized carbons (Fsp3) is 0.438. The van der Waals surface area contributed by atoms with Gasteiger partial charge in [-0.3, -0.25) is 9.88 Å². The van der Waals surface area contributed by atoms with Crippen molar-refractivity contribution in [2.24, 2.45) is 0 Å². The normalized spacial score (nSPS) is 22.5. The van der Waals surface area contributed by atoms with Crippen molar-refractivity contribution in [3.63, 3.8) is 0 Å². The van der Waals surface area contributed by atoms with Crippen LogP contribution in [0.3, 0.4) is 0 Å². The molecule has 0 unspecified atom stereocenters. The summed E-state index contributed by atoms with van der Waals surface area (Å²) in [4.78, 5) is 7.05. The molecule has 19 heavy (non-hydrogen) atoms. The lowest BCUT2D eigenvalue weighted by Gasteiger charge is -2.28. The molecule has 0 radical (unpaired) electrons. The van der Waals surface area contributed by atoms with E-state index in [0.717, 1.165) is 16.7 Å². The van der Waals surface area contributed by atoms with E-state index in [4.69, 9.17) is 4.42 Å². The van der Waals surface area contributed by atoms with Crippen LogP contribution in [-0.2, 0) is 0 Å². The smallest absolute Gasteiger partial charge is 0.152 e. The molecule has 0 atom stereocenters. The van der Waals surface area contributed by atoms with Crippen molar-refractivity contribution >= 4 is 17.2 Å². The van der Waals surface area contributed by atoms with Gasteiger partial charge in [-0.15, -0.1) is 0 Å². The molecule has 2 aliphatic heterocycles. The molecular weight excluding hydrogens is 236 g/mol. The van der Waals surface area contributed by atoms with Gasteiger partial charge in [0.25, 0.3) is 0 Å². The van der Waals surface area contributed by atoms with Crippen molar-refractivity contribution in [2.45, 2.75) is 31.2 Å². The van der Waals surface area contributed by atoms with Gasteiger partial charge in [-0.2, -0.15) is 0 Å². The lowest BCUT2D eigenvalue weighted by molar-refractivity contribution is 0.251. The molecule has 2 aliphatic rings. The molecule has 0 spiro atoms. The number of hydrogen-bond acceptors (Lipinski definition) is 3. The first kappa shape index (κ1) is 11.2. The van der Waals surface area contributed by atoms with Crippen LogP contribution in [0, 0.1) is 0 Å². The minimum absolute atomic E-state index is 0.331. The maximum absolute atomic E-state index is 5.41. The van der Waals surface area contributed by atoms with Gasteiger partial charge < -0.3 is 4.42 Å². The van der Waals surface area contributed by atoms with Crippen molar-refractivity contribution in [3.8, 4) is 0 Å².